The molecule has 0 aromatic carbocycles. The fourth-order valence-corrected chi connectivity index (χ4v) is 1.93. The molecule has 16 heavy (non-hydrogen) atoms. The van der Waals surface area contributed by atoms with Crippen LogP contribution in [0.15, 0.2) is 23.9 Å². The van der Waals surface area contributed by atoms with Gasteiger partial charge in [0.2, 0.25) is 0 Å². The van der Waals surface area contributed by atoms with E-state index in [2.05, 4.69) is 23.3 Å². The number of carbonyl (C=O) groups excluding carboxylic acids is 1. The molecule has 1 heterocycles. The Labute approximate surface area is 96.6 Å². The zero-order chi connectivity index (χ0) is 11.4. The van der Waals surface area contributed by atoms with E-state index in [9.17, 15) is 4.79 Å². The van der Waals surface area contributed by atoms with Gasteiger partial charge in [-0.05, 0) is 26.0 Å². The summed E-state index contributed by atoms with van der Waals surface area (Å²) in [5, 5.41) is 2.98. The van der Waals surface area contributed by atoms with Crippen LogP contribution in [-0.2, 0) is 0 Å². The molecule has 2 rings (SSSR count). The van der Waals surface area contributed by atoms with Gasteiger partial charge in [0.25, 0.3) is 0 Å². The Balaban J connectivity index is 1.83. The lowest BCUT2D eigenvalue weighted by atomic mass is 10.1. The van der Waals surface area contributed by atoms with E-state index in [1.807, 2.05) is 17.1 Å². The van der Waals surface area contributed by atoms with Crippen molar-refractivity contribution >= 4 is 6.03 Å². The van der Waals surface area contributed by atoms with Crippen LogP contribution in [-0.4, -0.2) is 49.1 Å². The van der Waals surface area contributed by atoms with Gasteiger partial charge in [0.15, 0.2) is 0 Å². The molecule has 1 fully saturated rings. The smallest absolute Gasteiger partial charge is 0.321 e. The average molecular weight is 221 g/mol. The predicted molar refractivity (Wildman–Crippen MR) is 64.1 cm³/mol. The van der Waals surface area contributed by atoms with E-state index < -0.39 is 0 Å². The molecule has 0 aromatic rings. The van der Waals surface area contributed by atoms with Crippen LogP contribution in [0.5, 0.6) is 0 Å². The van der Waals surface area contributed by atoms with Crippen LogP contribution in [0, 0.1) is 0 Å². The van der Waals surface area contributed by atoms with Gasteiger partial charge in [-0.2, -0.15) is 0 Å². The molecule has 0 aromatic heterocycles. The zero-order valence-electron chi connectivity index (χ0n) is 9.78. The van der Waals surface area contributed by atoms with Gasteiger partial charge in [-0.3, -0.25) is 0 Å². The van der Waals surface area contributed by atoms with Crippen LogP contribution in [0.3, 0.4) is 0 Å². The minimum absolute atomic E-state index is 0.0506. The Bertz CT molecular complexity index is 314. The third-order valence-electron chi connectivity index (χ3n) is 3.07. The van der Waals surface area contributed by atoms with Crippen LogP contribution in [0.25, 0.3) is 0 Å². The zero-order valence-corrected chi connectivity index (χ0v) is 9.78. The summed E-state index contributed by atoms with van der Waals surface area (Å²) in [4.78, 5) is 16.0. The van der Waals surface area contributed by atoms with E-state index in [0.29, 0.717) is 0 Å². The molecule has 1 aliphatic heterocycles. The van der Waals surface area contributed by atoms with E-state index in [1.54, 1.807) is 0 Å². The van der Waals surface area contributed by atoms with Crippen molar-refractivity contribution < 1.29 is 4.79 Å². The maximum atomic E-state index is 11.9. The summed E-state index contributed by atoms with van der Waals surface area (Å²) in [5.74, 6) is 0. The molecule has 0 radical (unpaired) electrons. The van der Waals surface area contributed by atoms with E-state index in [0.717, 1.165) is 44.7 Å². The summed E-state index contributed by atoms with van der Waals surface area (Å²) in [7, 11) is 2.09. The predicted octanol–water partition coefficient (Wildman–Crippen LogP) is 1.18. The highest BCUT2D eigenvalue weighted by Gasteiger charge is 2.19. The first-order valence-electron chi connectivity index (χ1n) is 5.86. The summed E-state index contributed by atoms with van der Waals surface area (Å²) in [6.07, 6.45) is 8.07. The number of carbonyl (C=O) groups is 1. The number of hydrogen-bond donors (Lipinski definition) is 1. The monoisotopic (exact) mass is 221 g/mol. The number of rotatable bonds is 1. The first kappa shape index (κ1) is 11.2. The van der Waals surface area contributed by atoms with Crippen molar-refractivity contribution in [1.29, 1.82) is 0 Å². The van der Waals surface area contributed by atoms with Crippen molar-refractivity contribution in [3.8, 4) is 0 Å². The van der Waals surface area contributed by atoms with Crippen molar-refractivity contribution in [2.45, 2.75) is 12.8 Å². The molecule has 0 unspecified atom stereocenters. The summed E-state index contributed by atoms with van der Waals surface area (Å²) in [6, 6.07) is 0.0506. The van der Waals surface area contributed by atoms with Crippen LogP contribution >= 0.6 is 0 Å². The van der Waals surface area contributed by atoms with Crippen molar-refractivity contribution in [2.75, 3.05) is 33.2 Å². The highest BCUT2D eigenvalue weighted by molar-refractivity contribution is 5.76. The molecule has 0 atom stereocenters. The largest absolute Gasteiger partial charge is 0.322 e. The van der Waals surface area contributed by atoms with Crippen LogP contribution in [0.2, 0.25) is 0 Å². The van der Waals surface area contributed by atoms with Crippen LogP contribution in [0.4, 0.5) is 4.79 Å². The summed E-state index contributed by atoms with van der Waals surface area (Å²) < 4.78 is 0. The number of nitrogens with zero attached hydrogens (tertiary/aromatic N) is 2. The third-order valence-corrected chi connectivity index (χ3v) is 3.07. The Kier molecular flexibility index (Phi) is 3.62. The fourth-order valence-electron chi connectivity index (χ4n) is 1.93. The normalized spacial score (nSPS) is 21.8. The molecule has 0 bridgehead atoms. The van der Waals surface area contributed by atoms with Gasteiger partial charge in [-0.25, -0.2) is 4.79 Å². The van der Waals surface area contributed by atoms with E-state index in [1.165, 1.54) is 0 Å². The minimum Gasteiger partial charge on any atom is -0.322 e. The van der Waals surface area contributed by atoms with E-state index in [4.69, 9.17) is 0 Å². The van der Waals surface area contributed by atoms with E-state index >= 15 is 0 Å². The van der Waals surface area contributed by atoms with Gasteiger partial charge < -0.3 is 15.1 Å². The molecule has 1 aliphatic carbocycles. The quantitative estimate of drug-likeness (QED) is 0.721. The fraction of sp³-hybridized carbons (Fsp3) is 0.583. The molecule has 4 nitrogen and oxygen atoms in total. The lowest BCUT2D eigenvalue weighted by Crippen LogP contribution is -2.50. The topological polar surface area (TPSA) is 35.6 Å². The highest BCUT2D eigenvalue weighted by atomic mass is 16.2. The van der Waals surface area contributed by atoms with Gasteiger partial charge in [0.1, 0.15) is 0 Å². The first-order chi connectivity index (χ1) is 7.75. The second-order valence-electron chi connectivity index (χ2n) is 4.38. The Morgan fingerprint density at radius 1 is 1.31 bits per heavy atom. The number of amides is 2. The van der Waals surface area contributed by atoms with E-state index in [-0.39, 0.29) is 6.03 Å². The van der Waals surface area contributed by atoms with Gasteiger partial charge in [-0.15, -0.1) is 0 Å². The third kappa shape index (κ3) is 2.85. The molecular weight excluding hydrogens is 202 g/mol. The molecule has 88 valence electrons. The summed E-state index contributed by atoms with van der Waals surface area (Å²) in [5.41, 5.74) is 1.03. The number of hydrogen-bond acceptors (Lipinski definition) is 2. The second kappa shape index (κ2) is 5.16. The van der Waals surface area contributed by atoms with Crippen LogP contribution < -0.4 is 5.32 Å². The second-order valence-corrected chi connectivity index (χ2v) is 4.38. The first-order valence-corrected chi connectivity index (χ1v) is 5.86. The van der Waals surface area contributed by atoms with Crippen molar-refractivity contribution in [1.82, 2.24) is 15.1 Å². The molecule has 0 saturated carbocycles. The Hall–Kier alpha value is -1.29. The Morgan fingerprint density at radius 2 is 2.06 bits per heavy atom. The van der Waals surface area contributed by atoms with Crippen LogP contribution in [0.1, 0.15) is 12.8 Å². The van der Waals surface area contributed by atoms with Gasteiger partial charge in [0.05, 0.1) is 0 Å². The number of allylic oxidation sites excluding steroid dienone is 4. The average Bonchev–Trinajstić information content (AvgIpc) is 2.31. The summed E-state index contributed by atoms with van der Waals surface area (Å²) in [6.45, 7) is 3.58. The number of urea groups is 1. The molecule has 1 N–H and O–H groups in total. The molecule has 4 heteroatoms. The molecule has 2 aliphatic rings. The Morgan fingerprint density at radius 3 is 2.69 bits per heavy atom. The molecule has 0 spiro atoms. The number of nitrogens with one attached hydrogen (secondary N) is 1. The maximum absolute atomic E-state index is 11.9. The van der Waals surface area contributed by atoms with Crippen molar-refractivity contribution in [3.63, 3.8) is 0 Å². The summed E-state index contributed by atoms with van der Waals surface area (Å²) >= 11 is 0. The van der Waals surface area contributed by atoms with Gasteiger partial charge in [-0.1, -0.05) is 12.2 Å². The lowest BCUT2D eigenvalue weighted by Gasteiger charge is -2.32. The van der Waals surface area contributed by atoms with Gasteiger partial charge >= 0.3 is 6.03 Å². The molecular formula is C12H19N3O. The van der Waals surface area contributed by atoms with Crippen molar-refractivity contribution in [2.24, 2.45) is 0 Å². The minimum atomic E-state index is 0.0506. The molecule has 1 saturated heterocycles. The lowest BCUT2D eigenvalue weighted by molar-refractivity contribution is 0.156. The standard InChI is InChI=1S/C12H19N3O/c1-14-7-9-15(10-8-14)12(16)13-11-5-3-2-4-6-11/h2-3,5H,4,6-10H2,1H3,(H,13,16). The number of piperazine rings is 1. The van der Waals surface area contributed by atoms with Gasteiger partial charge in [0, 0.05) is 31.9 Å². The number of likely N-dealkylation sites (N-methyl/N-ethyl adjacent to an activating group) is 1. The molecule has 2 amide bonds. The highest BCUT2D eigenvalue weighted by Crippen LogP contribution is 2.09. The van der Waals surface area contributed by atoms with Crippen molar-refractivity contribution in [3.05, 3.63) is 23.9 Å². The SMILES string of the molecule is CN1CCN(C(=O)NC2=CC=CCC2)CC1. The maximum Gasteiger partial charge on any atom is 0.321 e.